The summed E-state index contributed by atoms with van der Waals surface area (Å²) in [6, 6.07) is 13.4. The van der Waals surface area contributed by atoms with Gasteiger partial charge in [-0.15, -0.1) is 0 Å². The van der Waals surface area contributed by atoms with Crippen molar-refractivity contribution in [2.24, 2.45) is 0 Å². The highest BCUT2D eigenvalue weighted by atomic mass is 16.2. The third-order valence-electron chi connectivity index (χ3n) is 3.57. The number of amides is 1. The van der Waals surface area contributed by atoms with Crippen molar-refractivity contribution in [3.63, 3.8) is 0 Å². The van der Waals surface area contributed by atoms with Gasteiger partial charge in [0.1, 0.15) is 0 Å². The standard InChI is InChI=1S/C16H14N2O2/c1-10-5-3-4-6-14(10)18(2)11-7-8-12-13(9-11)17-16(20)15(12)19/h3-9H,1-2H3,(H,17,19,20). The van der Waals surface area contributed by atoms with E-state index in [0.717, 1.165) is 16.9 Å². The van der Waals surface area contributed by atoms with Crippen LogP contribution in [-0.4, -0.2) is 18.7 Å². The van der Waals surface area contributed by atoms with Crippen LogP contribution in [0.15, 0.2) is 42.5 Å². The predicted octanol–water partition coefficient (Wildman–Crippen LogP) is 2.90. The molecule has 0 saturated carbocycles. The van der Waals surface area contributed by atoms with Crippen LogP contribution in [0.1, 0.15) is 15.9 Å². The van der Waals surface area contributed by atoms with Crippen molar-refractivity contribution in [2.45, 2.75) is 6.92 Å². The molecule has 0 aliphatic carbocycles. The fourth-order valence-electron chi connectivity index (χ4n) is 2.42. The molecule has 20 heavy (non-hydrogen) atoms. The number of fused-ring (bicyclic) bond motifs is 1. The van der Waals surface area contributed by atoms with Gasteiger partial charge in [0.05, 0.1) is 11.3 Å². The van der Waals surface area contributed by atoms with Gasteiger partial charge in [-0.3, -0.25) is 9.59 Å². The molecule has 0 atom stereocenters. The van der Waals surface area contributed by atoms with Crippen molar-refractivity contribution in [3.8, 4) is 0 Å². The lowest BCUT2D eigenvalue weighted by atomic mass is 10.1. The molecule has 0 spiro atoms. The molecule has 3 rings (SSSR count). The minimum Gasteiger partial charge on any atom is -0.344 e. The van der Waals surface area contributed by atoms with E-state index in [0.29, 0.717) is 11.3 Å². The average molecular weight is 266 g/mol. The summed E-state index contributed by atoms with van der Waals surface area (Å²) in [7, 11) is 1.96. The molecule has 0 aromatic heterocycles. The molecule has 1 aliphatic heterocycles. The number of hydrogen-bond acceptors (Lipinski definition) is 3. The summed E-state index contributed by atoms with van der Waals surface area (Å²) in [5.74, 6) is -1.03. The molecule has 0 unspecified atom stereocenters. The SMILES string of the molecule is Cc1ccccc1N(C)c1ccc2c(c1)NC(=O)C2=O. The second kappa shape index (κ2) is 4.49. The van der Waals surface area contributed by atoms with Crippen molar-refractivity contribution in [3.05, 3.63) is 53.6 Å². The number of Topliss-reactive ketones (excluding diaryl/α,β-unsaturated/α-hetero) is 1. The van der Waals surface area contributed by atoms with Gasteiger partial charge < -0.3 is 10.2 Å². The van der Waals surface area contributed by atoms with E-state index in [4.69, 9.17) is 0 Å². The fraction of sp³-hybridized carbons (Fsp3) is 0.125. The number of ketones is 1. The maximum atomic E-state index is 11.6. The summed E-state index contributed by atoms with van der Waals surface area (Å²) >= 11 is 0. The Labute approximate surface area is 117 Å². The summed E-state index contributed by atoms with van der Waals surface area (Å²) < 4.78 is 0. The average Bonchev–Trinajstić information content (AvgIpc) is 2.73. The Hall–Kier alpha value is -2.62. The van der Waals surface area contributed by atoms with Gasteiger partial charge in [-0.2, -0.15) is 0 Å². The molecule has 1 N–H and O–H groups in total. The van der Waals surface area contributed by atoms with E-state index in [1.54, 1.807) is 6.07 Å². The van der Waals surface area contributed by atoms with Gasteiger partial charge in [-0.25, -0.2) is 0 Å². The largest absolute Gasteiger partial charge is 0.344 e. The molecule has 4 nitrogen and oxygen atoms in total. The zero-order valence-corrected chi connectivity index (χ0v) is 11.3. The molecule has 100 valence electrons. The third kappa shape index (κ3) is 1.86. The third-order valence-corrected chi connectivity index (χ3v) is 3.57. The summed E-state index contributed by atoms with van der Waals surface area (Å²) in [5, 5.41) is 2.59. The lowest BCUT2D eigenvalue weighted by molar-refractivity contribution is -0.112. The van der Waals surface area contributed by atoms with Crippen LogP contribution in [0.2, 0.25) is 0 Å². The number of carbonyl (C=O) groups is 2. The quantitative estimate of drug-likeness (QED) is 0.850. The highest BCUT2D eigenvalue weighted by Gasteiger charge is 2.28. The Morgan fingerprint density at radius 3 is 2.55 bits per heavy atom. The van der Waals surface area contributed by atoms with Crippen molar-refractivity contribution < 1.29 is 9.59 Å². The lowest BCUT2D eigenvalue weighted by Gasteiger charge is -2.22. The Kier molecular flexibility index (Phi) is 2.79. The summed E-state index contributed by atoms with van der Waals surface area (Å²) in [6.07, 6.45) is 0. The molecule has 0 saturated heterocycles. The van der Waals surface area contributed by atoms with E-state index in [1.165, 1.54) is 0 Å². The molecule has 2 aromatic carbocycles. The molecule has 0 radical (unpaired) electrons. The van der Waals surface area contributed by atoms with Crippen LogP contribution in [-0.2, 0) is 4.79 Å². The monoisotopic (exact) mass is 266 g/mol. The highest BCUT2D eigenvalue weighted by molar-refractivity contribution is 6.51. The minimum atomic E-state index is -0.560. The maximum absolute atomic E-state index is 11.6. The number of para-hydroxylation sites is 1. The first kappa shape index (κ1) is 12.4. The van der Waals surface area contributed by atoms with Crippen LogP contribution in [0, 0.1) is 6.92 Å². The molecule has 1 heterocycles. The van der Waals surface area contributed by atoms with Crippen LogP contribution in [0.4, 0.5) is 17.1 Å². The van der Waals surface area contributed by atoms with Gasteiger partial charge in [-0.05, 0) is 36.8 Å². The van der Waals surface area contributed by atoms with Gasteiger partial charge in [-0.1, -0.05) is 18.2 Å². The number of hydrogen-bond donors (Lipinski definition) is 1. The first-order valence-corrected chi connectivity index (χ1v) is 6.37. The number of nitrogens with zero attached hydrogens (tertiary/aromatic N) is 1. The normalized spacial score (nSPS) is 13.1. The molecular weight excluding hydrogens is 252 g/mol. The van der Waals surface area contributed by atoms with Crippen LogP contribution in [0.5, 0.6) is 0 Å². The van der Waals surface area contributed by atoms with Crippen LogP contribution >= 0.6 is 0 Å². The van der Waals surface area contributed by atoms with Gasteiger partial charge in [0.15, 0.2) is 0 Å². The Morgan fingerprint density at radius 2 is 1.80 bits per heavy atom. The second-order valence-corrected chi connectivity index (χ2v) is 4.86. The van der Waals surface area contributed by atoms with Gasteiger partial charge >= 0.3 is 0 Å². The number of carbonyl (C=O) groups excluding carboxylic acids is 2. The van der Waals surface area contributed by atoms with E-state index < -0.39 is 11.7 Å². The first-order valence-electron chi connectivity index (χ1n) is 6.37. The number of benzene rings is 2. The fourth-order valence-corrected chi connectivity index (χ4v) is 2.42. The molecule has 2 aromatic rings. The van der Waals surface area contributed by atoms with Gasteiger partial charge in [0, 0.05) is 18.4 Å². The van der Waals surface area contributed by atoms with E-state index in [2.05, 4.69) is 5.32 Å². The molecule has 0 fully saturated rings. The molecule has 1 amide bonds. The summed E-state index contributed by atoms with van der Waals surface area (Å²) in [4.78, 5) is 25.0. The van der Waals surface area contributed by atoms with Crippen molar-refractivity contribution in [1.29, 1.82) is 0 Å². The van der Waals surface area contributed by atoms with E-state index >= 15 is 0 Å². The zero-order chi connectivity index (χ0) is 14.3. The minimum absolute atomic E-state index is 0.442. The highest BCUT2D eigenvalue weighted by Crippen LogP contribution is 2.32. The van der Waals surface area contributed by atoms with Crippen LogP contribution in [0.3, 0.4) is 0 Å². The van der Waals surface area contributed by atoms with Crippen molar-refractivity contribution in [1.82, 2.24) is 0 Å². The maximum Gasteiger partial charge on any atom is 0.296 e. The zero-order valence-electron chi connectivity index (χ0n) is 11.3. The van der Waals surface area contributed by atoms with Crippen molar-refractivity contribution in [2.75, 3.05) is 17.3 Å². The van der Waals surface area contributed by atoms with Crippen molar-refractivity contribution >= 4 is 28.8 Å². The molecule has 4 heteroatoms. The Bertz CT molecular complexity index is 722. The molecule has 1 aliphatic rings. The number of nitrogens with one attached hydrogen (secondary N) is 1. The lowest BCUT2D eigenvalue weighted by Crippen LogP contribution is -2.12. The smallest absolute Gasteiger partial charge is 0.296 e. The van der Waals surface area contributed by atoms with Gasteiger partial charge in [0.2, 0.25) is 0 Å². The predicted molar refractivity (Wildman–Crippen MR) is 78.6 cm³/mol. The number of aryl methyl sites for hydroxylation is 1. The first-order chi connectivity index (χ1) is 9.58. The Balaban J connectivity index is 2.01. The Morgan fingerprint density at radius 1 is 1.05 bits per heavy atom. The van der Waals surface area contributed by atoms with E-state index in [-0.39, 0.29) is 0 Å². The second-order valence-electron chi connectivity index (χ2n) is 4.86. The topological polar surface area (TPSA) is 49.4 Å². The van der Waals surface area contributed by atoms with E-state index in [1.807, 2.05) is 55.3 Å². The van der Waals surface area contributed by atoms with Crippen LogP contribution < -0.4 is 10.2 Å². The van der Waals surface area contributed by atoms with Crippen LogP contribution in [0.25, 0.3) is 0 Å². The number of rotatable bonds is 2. The number of anilines is 3. The molecule has 0 bridgehead atoms. The van der Waals surface area contributed by atoms with Gasteiger partial charge in [0.25, 0.3) is 11.7 Å². The van der Waals surface area contributed by atoms with E-state index in [9.17, 15) is 9.59 Å². The summed E-state index contributed by atoms with van der Waals surface area (Å²) in [5.41, 5.74) is 4.20. The summed E-state index contributed by atoms with van der Waals surface area (Å²) in [6.45, 7) is 2.05. The molecular formula is C16H14N2O2.